The molecule has 4 heteroatoms. The molecule has 1 aliphatic carbocycles. The van der Waals surface area contributed by atoms with Gasteiger partial charge in [0.15, 0.2) is 0 Å². The molecule has 1 aliphatic heterocycles. The summed E-state index contributed by atoms with van der Waals surface area (Å²) in [5.41, 5.74) is 0. The Hall–Kier alpha value is -0.610. The van der Waals surface area contributed by atoms with E-state index in [1.54, 1.807) is 7.05 Å². The fourth-order valence-electron chi connectivity index (χ4n) is 2.42. The molecule has 0 aromatic carbocycles. The molecule has 0 atom stereocenters. The summed E-state index contributed by atoms with van der Waals surface area (Å²) in [4.78, 5) is 13.6. The van der Waals surface area contributed by atoms with Crippen molar-refractivity contribution in [1.29, 1.82) is 0 Å². The van der Waals surface area contributed by atoms with E-state index in [1.807, 2.05) is 0 Å². The summed E-state index contributed by atoms with van der Waals surface area (Å²) in [6.07, 6.45) is 5.97. The zero-order chi connectivity index (χ0) is 12.1. The highest BCUT2D eigenvalue weighted by atomic mass is 16.1. The Morgan fingerprint density at radius 3 is 2.53 bits per heavy atom. The van der Waals surface area contributed by atoms with E-state index in [1.165, 1.54) is 32.2 Å². The quantitative estimate of drug-likeness (QED) is 0.713. The van der Waals surface area contributed by atoms with E-state index < -0.39 is 0 Å². The van der Waals surface area contributed by atoms with E-state index >= 15 is 0 Å². The van der Waals surface area contributed by atoms with Crippen LogP contribution in [0.2, 0.25) is 0 Å². The summed E-state index contributed by atoms with van der Waals surface area (Å²) >= 11 is 0. The van der Waals surface area contributed by atoms with E-state index in [9.17, 15) is 4.79 Å². The molecular formula is C13H25N3O. The molecule has 2 rings (SSSR count). The van der Waals surface area contributed by atoms with Crippen LogP contribution in [0.25, 0.3) is 0 Å². The smallest absolute Gasteiger partial charge is 0.221 e. The second-order valence-corrected chi connectivity index (χ2v) is 5.39. The van der Waals surface area contributed by atoms with Crippen LogP contribution in [0.5, 0.6) is 0 Å². The summed E-state index contributed by atoms with van der Waals surface area (Å²) in [5.74, 6) is 1.01. The topological polar surface area (TPSA) is 44.4 Å². The molecule has 0 aromatic heterocycles. The Kier molecular flexibility index (Phi) is 4.80. The summed E-state index contributed by atoms with van der Waals surface area (Å²) in [6.45, 7) is 4.44. The monoisotopic (exact) mass is 239 g/mol. The molecule has 0 spiro atoms. The zero-order valence-corrected chi connectivity index (χ0v) is 10.9. The molecule has 0 aromatic rings. The van der Waals surface area contributed by atoms with Crippen molar-refractivity contribution in [3.05, 3.63) is 0 Å². The lowest BCUT2D eigenvalue weighted by Crippen LogP contribution is -2.39. The van der Waals surface area contributed by atoms with Gasteiger partial charge in [-0.1, -0.05) is 0 Å². The molecule has 0 bridgehead atoms. The largest absolute Gasteiger partial charge is 0.359 e. The predicted octanol–water partition coefficient (Wildman–Crippen LogP) is 0.587. The highest BCUT2D eigenvalue weighted by Crippen LogP contribution is 2.21. The number of nitrogens with one attached hydrogen (secondary N) is 2. The minimum atomic E-state index is 0.155. The van der Waals surface area contributed by atoms with Crippen molar-refractivity contribution < 1.29 is 4.79 Å². The maximum Gasteiger partial charge on any atom is 0.221 e. The van der Waals surface area contributed by atoms with Crippen LogP contribution in [-0.2, 0) is 4.79 Å². The third kappa shape index (κ3) is 4.64. The number of rotatable bonds is 6. The third-order valence-corrected chi connectivity index (χ3v) is 3.91. The predicted molar refractivity (Wildman–Crippen MR) is 68.9 cm³/mol. The van der Waals surface area contributed by atoms with Crippen molar-refractivity contribution in [2.24, 2.45) is 5.92 Å². The molecule has 1 saturated carbocycles. The van der Waals surface area contributed by atoms with Crippen LogP contribution in [-0.4, -0.2) is 50.1 Å². The van der Waals surface area contributed by atoms with Crippen LogP contribution in [0.3, 0.4) is 0 Å². The number of likely N-dealkylation sites (tertiary alicyclic amines) is 1. The Bertz CT molecular complexity index is 245. The van der Waals surface area contributed by atoms with Crippen LogP contribution < -0.4 is 10.6 Å². The average Bonchev–Trinajstić information content (AvgIpc) is 3.18. The average molecular weight is 239 g/mol. The van der Waals surface area contributed by atoms with Gasteiger partial charge in [-0.2, -0.15) is 0 Å². The van der Waals surface area contributed by atoms with Gasteiger partial charge in [0.25, 0.3) is 0 Å². The Morgan fingerprint density at radius 1 is 1.24 bits per heavy atom. The van der Waals surface area contributed by atoms with E-state index in [-0.39, 0.29) is 5.91 Å². The van der Waals surface area contributed by atoms with Gasteiger partial charge in [0, 0.05) is 26.1 Å². The van der Waals surface area contributed by atoms with E-state index in [4.69, 9.17) is 0 Å². The summed E-state index contributed by atoms with van der Waals surface area (Å²) < 4.78 is 0. The Labute approximate surface area is 104 Å². The third-order valence-electron chi connectivity index (χ3n) is 3.91. The van der Waals surface area contributed by atoms with Gasteiger partial charge in [0.2, 0.25) is 5.91 Å². The highest BCUT2D eigenvalue weighted by Gasteiger charge is 2.24. The van der Waals surface area contributed by atoms with Crippen molar-refractivity contribution in [1.82, 2.24) is 15.5 Å². The van der Waals surface area contributed by atoms with Gasteiger partial charge in [-0.05, 0) is 51.2 Å². The van der Waals surface area contributed by atoms with Crippen LogP contribution in [0.4, 0.5) is 0 Å². The Morgan fingerprint density at radius 2 is 1.94 bits per heavy atom. The van der Waals surface area contributed by atoms with Gasteiger partial charge in [-0.25, -0.2) is 0 Å². The number of piperidine rings is 1. The molecule has 4 nitrogen and oxygen atoms in total. The van der Waals surface area contributed by atoms with Crippen LogP contribution in [0.15, 0.2) is 0 Å². The molecule has 0 radical (unpaired) electrons. The molecule has 2 N–H and O–H groups in total. The number of carbonyl (C=O) groups is 1. The second-order valence-electron chi connectivity index (χ2n) is 5.39. The minimum Gasteiger partial charge on any atom is -0.359 e. The SMILES string of the molecule is CNC(=O)CCN1CCC(CNC2CC2)CC1. The molecule has 98 valence electrons. The van der Waals surface area contributed by atoms with E-state index in [2.05, 4.69) is 15.5 Å². The minimum absolute atomic E-state index is 0.155. The standard InChI is InChI=1S/C13H25N3O/c1-14-13(17)6-9-16-7-4-11(5-8-16)10-15-12-2-3-12/h11-12,15H,2-10H2,1H3,(H,14,17). The van der Waals surface area contributed by atoms with Crippen molar-refractivity contribution >= 4 is 5.91 Å². The fourth-order valence-corrected chi connectivity index (χ4v) is 2.42. The number of nitrogens with zero attached hydrogens (tertiary/aromatic N) is 1. The first-order chi connectivity index (χ1) is 8.28. The van der Waals surface area contributed by atoms with Gasteiger partial charge < -0.3 is 15.5 Å². The first-order valence-corrected chi connectivity index (χ1v) is 6.94. The summed E-state index contributed by atoms with van der Waals surface area (Å²) in [7, 11) is 1.71. The van der Waals surface area contributed by atoms with Gasteiger partial charge in [-0.3, -0.25) is 4.79 Å². The molecule has 2 aliphatic rings. The zero-order valence-electron chi connectivity index (χ0n) is 10.9. The molecular weight excluding hydrogens is 214 g/mol. The molecule has 17 heavy (non-hydrogen) atoms. The lowest BCUT2D eigenvalue weighted by atomic mass is 9.96. The maximum absolute atomic E-state index is 11.2. The van der Waals surface area contributed by atoms with E-state index in [0.29, 0.717) is 6.42 Å². The van der Waals surface area contributed by atoms with Crippen molar-refractivity contribution in [3.63, 3.8) is 0 Å². The van der Waals surface area contributed by atoms with Crippen LogP contribution >= 0.6 is 0 Å². The van der Waals surface area contributed by atoms with Crippen LogP contribution in [0.1, 0.15) is 32.1 Å². The Balaban J connectivity index is 1.55. The number of hydrogen-bond acceptors (Lipinski definition) is 3. The first-order valence-electron chi connectivity index (χ1n) is 6.94. The number of hydrogen-bond donors (Lipinski definition) is 2. The number of carbonyl (C=O) groups excluding carboxylic acids is 1. The number of amides is 1. The van der Waals surface area contributed by atoms with Crippen molar-refractivity contribution in [3.8, 4) is 0 Å². The van der Waals surface area contributed by atoms with Crippen molar-refractivity contribution in [2.75, 3.05) is 33.2 Å². The second kappa shape index (κ2) is 6.36. The van der Waals surface area contributed by atoms with E-state index in [0.717, 1.165) is 31.6 Å². The molecule has 1 saturated heterocycles. The fraction of sp³-hybridized carbons (Fsp3) is 0.923. The first kappa shape index (κ1) is 12.8. The highest BCUT2D eigenvalue weighted by molar-refractivity contribution is 5.75. The van der Waals surface area contributed by atoms with Gasteiger partial charge in [0.05, 0.1) is 0 Å². The molecule has 1 heterocycles. The molecule has 2 fully saturated rings. The molecule has 1 amide bonds. The van der Waals surface area contributed by atoms with Gasteiger partial charge in [0.1, 0.15) is 0 Å². The normalized spacial score (nSPS) is 22.6. The van der Waals surface area contributed by atoms with Gasteiger partial charge in [-0.15, -0.1) is 0 Å². The lowest BCUT2D eigenvalue weighted by molar-refractivity contribution is -0.121. The van der Waals surface area contributed by atoms with Gasteiger partial charge >= 0.3 is 0 Å². The summed E-state index contributed by atoms with van der Waals surface area (Å²) in [6, 6.07) is 0.835. The van der Waals surface area contributed by atoms with Crippen molar-refractivity contribution in [2.45, 2.75) is 38.1 Å². The molecule has 0 unspecified atom stereocenters. The maximum atomic E-state index is 11.2. The summed E-state index contributed by atoms with van der Waals surface area (Å²) in [5, 5.41) is 6.30. The van der Waals surface area contributed by atoms with Crippen LogP contribution in [0, 0.1) is 5.92 Å². The lowest BCUT2D eigenvalue weighted by Gasteiger charge is -2.31.